The van der Waals surface area contributed by atoms with E-state index < -0.39 is 0 Å². The first kappa shape index (κ1) is 22.1. The van der Waals surface area contributed by atoms with E-state index in [-0.39, 0.29) is 18.6 Å². The van der Waals surface area contributed by atoms with Crippen LogP contribution in [0.2, 0.25) is 0 Å². The molecule has 174 valence electrons. The largest absolute Gasteiger partial charge is 0.392 e. The molecular formula is C27H29N5O2. The van der Waals surface area contributed by atoms with Crippen LogP contribution in [-0.4, -0.2) is 31.8 Å². The Morgan fingerprint density at radius 3 is 2.74 bits per heavy atom. The van der Waals surface area contributed by atoms with Gasteiger partial charge in [0.15, 0.2) is 0 Å². The molecule has 1 fully saturated rings. The first-order valence-electron chi connectivity index (χ1n) is 11.9. The monoisotopic (exact) mass is 455 g/mol. The summed E-state index contributed by atoms with van der Waals surface area (Å²) >= 11 is 0. The molecule has 7 nitrogen and oxygen atoms in total. The number of anilines is 2. The maximum absolute atomic E-state index is 13.1. The van der Waals surface area contributed by atoms with Gasteiger partial charge >= 0.3 is 0 Å². The summed E-state index contributed by atoms with van der Waals surface area (Å²) in [6, 6.07) is 13.9. The Balaban J connectivity index is 1.64. The number of hydrogen-bond acceptors (Lipinski definition) is 5. The van der Waals surface area contributed by atoms with E-state index in [4.69, 9.17) is 0 Å². The van der Waals surface area contributed by atoms with Gasteiger partial charge in [-0.25, -0.2) is 0 Å². The molecule has 4 aromatic rings. The number of aryl methyl sites for hydroxylation is 1. The van der Waals surface area contributed by atoms with Gasteiger partial charge in [0.25, 0.3) is 5.91 Å². The number of aliphatic hydroxyl groups excluding tert-OH is 1. The number of amides is 1. The van der Waals surface area contributed by atoms with E-state index in [9.17, 15) is 9.90 Å². The molecule has 7 heteroatoms. The number of aliphatic hydroxyl groups is 1. The van der Waals surface area contributed by atoms with Gasteiger partial charge in [0.05, 0.1) is 29.6 Å². The first-order valence-corrected chi connectivity index (χ1v) is 11.9. The maximum Gasteiger partial charge on any atom is 0.255 e. The van der Waals surface area contributed by atoms with Crippen molar-refractivity contribution in [2.75, 3.05) is 5.32 Å². The molecule has 1 aliphatic rings. The fourth-order valence-corrected chi connectivity index (χ4v) is 4.09. The van der Waals surface area contributed by atoms with Crippen molar-refractivity contribution in [3.8, 4) is 11.1 Å². The number of rotatable bonds is 9. The average Bonchev–Trinajstić information content (AvgIpc) is 3.55. The van der Waals surface area contributed by atoms with Crippen molar-refractivity contribution in [3.05, 3.63) is 72.2 Å². The van der Waals surface area contributed by atoms with Gasteiger partial charge in [-0.05, 0) is 54.7 Å². The highest BCUT2D eigenvalue weighted by molar-refractivity contribution is 6.09. The fourth-order valence-electron chi connectivity index (χ4n) is 4.09. The molecule has 3 N–H and O–H groups in total. The highest BCUT2D eigenvalue weighted by Gasteiger charge is 2.26. The fraction of sp³-hybridized carbons (Fsp3) is 0.296. The molecule has 0 bridgehead atoms. The SMILES string of the molecule is CCCCn1cc(-c2cc3c(Nc4ccccc4)c(C(=O)NC4CC4)cnc3cc2CO)cn1. The van der Waals surface area contributed by atoms with E-state index in [2.05, 4.69) is 27.6 Å². The van der Waals surface area contributed by atoms with Crippen molar-refractivity contribution < 1.29 is 9.90 Å². The predicted molar refractivity (Wildman–Crippen MR) is 134 cm³/mol. The number of benzene rings is 2. The van der Waals surface area contributed by atoms with Crippen LogP contribution in [0, 0.1) is 0 Å². The molecule has 1 amide bonds. The minimum absolute atomic E-state index is 0.113. The van der Waals surface area contributed by atoms with Crippen LogP contribution >= 0.6 is 0 Å². The Kier molecular flexibility index (Phi) is 6.27. The Labute approximate surface area is 198 Å². The third kappa shape index (κ3) is 4.65. The standard InChI is InChI=1S/C27H29N5O2/c1-2-3-11-32-16-19(14-29-32)22-13-23-25(12-18(22)17-33)28-15-24(27(34)31-21-9-10-21)26(23)30-20-7-5-4-6-8-20/h4-8,12-16,21,33H,2-3,9-11,17H2,1H3,(H,28,30)(H,31,34). The molecule has 2 aromatic heterocycles. The van der Waals surface area contributed by atoms with Gasteiger partial charge in [-0.2, -0.15) is 5.10 Å². The molecule has 0 radical (unpaired) electrons. The van der Waals surface area contributed by atoms with E-state index in [1.54, 1.807) is 6.20 Å². The summed E-state index contributed by atoms with van der Waals surface area (Å²) < 4.78 is 1.94. The summed E-state index contributed by atoms with van der Waals surface area (Å²) in [5.41, 5.74) is 5.40. The number of aromatic nitrogens is 3. The van der Waals surface area contributed by atoms with Crippen molar-refractivity contribution in [3.63, 3.8) is 0 Å². The Hall–Kier alpha value is -3.71. The highest BCUT2D eigenvalue weighted by Crippen LogP contribution is 2.35. The summed E-state index contributed by atoms with van der Waals surface area (Å²) in [6.45, 7) is 2.90. The minimum Gasteiger partial charge on any atom is -0.392 e. The molecule has 2 heterocycles. The van der Waals surface area contributed by atoms with Crippen molar-refractivity contribution in [1.82, 2.24) is 20.1 Å². The number of nitrogens with zero attached hydrogens (tertiary/aromatic N) is 3. The van der Waals surface area contributed by atoms with Crippen molar-refractivity contribution in [1.29, 1.82) is 0 Å². The second kappa shape index (κ2) is 9.65. The zero-order valence-corrected chi connectivity index (χ0v) is 19.3. The number of para-hydroxylation sites is 1. The number of pyridine rings is 1. The number of nitrogens with one attached hydrogen (secondary N) is 2. The van der Waals surface area contributed by atoms with Crippen LogP contribution in [-0.2, 0) is 13.2 Å². The zero-order chi connectivity index (χ0) is 23.5. The van der Waals surface area contributed by atoms with Gasteiger partial charge in [0.1, 0.15) is 0 Å². The Morgan fingerprint density at radius 1 is 1.18 bits per heavy atom. The lowest BCUT2D eigenvalue weighted by molar-refractivity contribution is 0.0951. The summed E-state index contributed by atoms with van der Waals surface area (Å²) in [5, 5.41) is 22.0. The van der Waals surface area contributed by atoms with E-state index >= 15 is 0 Å². The van der Waals surface area contributed by atoms with Gasteiger partial charge < -0.3 is 15.7 Å². The molecular weight excluding hydrogens is 426 g/mol. The second-order valence-electron chi connectivity index (χ2n) is 8.82. The number of carbonyl (C=O) groups excluding carboxylic acids is 1. The van der Waals surface area contributed by atoms with Crippen molar-refractivity contribution in [2.45, 2.75) is 51.8 Å². The minimum atomic E-state index is -0.129. The third-order valence-corrected chi connectivity index (χ3v) is 6.15. The zero-order valence-electron chi connectivity index (χ0n) is 19.3. The summed E-state index contributed by atoms with van der Waals surface area (Å²) in [6.07, 6.45) is 9.64. The van der Waals surface area contributed by atoms with Gasteiger partial charge in [-0.1, -0.05) is 31.5 Å². The Morgan fingerprint density at radius 2 is 2.00 bits per heavy atom. The van der Waals surface area contributed by atoms with Crippen LogP contribution in [0.5, 0.6) is 0 Å². The lowest BCUT2D eigenvalue weighted by Crippen LogP contribution is -2.26. The molecule has 0 unspecified atom stereocenters. The van der Waals surface area contributed by atoms with Crippen LogP contribution in [0.3, 0.4) is 0 Å². The van der Waals surface area contributed by atoms with Crippen LogP contribution in [0.4, 0.5) is 11.4 Å². The summed E-state index contributed by atoms with van der Waals surface area (Å²) in [7, 11) is 0. The molecule has 0 atom stereocenters. The van der Waals surface area contributed by atoms with Gasteiger partial charge in [0.2, 0.25) is 0 Å². The quantitative estimate of drug-likeness (QED) is 0.329. The van der Waals surface area contributed by atoms with Crippen molar-refractivity contribution in [2.24, 2.45) is 0 Å². The second-order valence-corrected chi connectivity index (χ2v) is 8.82. The number of carbonyl (C=O) groups is 1. The molecule has 0 aliphatic heterocycles. The summed E-state index contributed by atoms with van der Waals surface area (Å²) in [4.78, 5) is 17.7. The number of hydrogen-bond donors (Lipinski definition) is 3. The topological polar surface area (TPSA) is 92.1 Å². The predicted octanol–water partition coefficient (Wildman–Crippen LogP) is 5.03. The molecule has 0 saturated heterocycles. The molecule has 0 spiro atoms. The Bertz CT molecular complexity index is 1310. The van der Waals surface area contributed by atoms with Crippen LogP contribution in [0.25, 0.3) is 22.0 Å². The molecule has 2 aromatic carbocycles. The number of fused-ring (bicyclic) bond motifs is 1. The normalized spacial score (nSPS) is 13.2. The maximum atomic E-state index is 13.1. The van der Waals surface area contributed by atoms with Gasteiger partial charge in [-0.15, -0.1) is 0 Å². The van der Waals surface area contributed by atoms with Crippen LogP contribution < -0.4 is 10.6 Å². The average molecular weight is 456 g/mol. The molecule has 1 aliphatic carbocycles. The van der Waals surface area contributed by atoms with Crippen LogP contribution in [0.1, 0.15) is 48.5 Å². The molecule has 34 heavy (non-hydrogen) atoms. The smallest absolute Gasteiger partial charge is 0.255 e. The van der Waals surface area contributed by atoms with Crippen LogP contribution in [0.15, 0.2) is 61.1 Å². The first-order chi connectivity index (χ1) is 16.7. The van der Waals surface area contributed by atoms with Gasteiger partial charge in [-0.3, -0.25) is 14.5 Å². The van der Waals surface area contributed by atoms with E-state index in [0.29, 0.717) is 16.8 Å². The molecule has 1 saturated carbocycles. The lowest BCUT2D eigenvalue weighted by atomic mass is 9.97. The lowest BCUT2D eigenvalue weighted by Gasteiger charge is -2.17. The summed E-state index contributed by atoms with van der Waals surface area (Å²) in [5.74, 6) is -0.129. The van der Waals surface area contributed by atoms with E-state index in [1.165, 1.54) is 0 Å². The highest BCUT2D eigenvalue weighted by atomic mass is 16.3. The van der Waals surface area contributed by atoms with Crippen molar-refractivity contribution >= 4 is 28.2 Å². The van der Waals surface area contributed by atoms with Gasteiger partial charge in [0, 0.05) is 41.6 Å². The van der Waals surface area contributed by atoms with E-state index in [1.807, 2.05) is 59.5 Å². The number of unbranched alkanes of at least 4 members (excludes halogenated alkanes) is 1. The third-order valence-electron chi connectivity index (χ3n) is 6.15. The molecule has 5 rings (SSSR count). The van der Waals surface area contributed by atoms with E-state index in [0.717, 1.165) is 60.0 Å².